The van der Waals surface area contributed by atoms with Crippen LogP contribution in [0.3, 0.4) is 0 Å². The van der Waals surface area contributed by atoms with Gasteiger partial charge in [0.1, 0.15) is 52.3 Å². The first-order chi connectivity index (χ1) is 30.4. The number of hydrogen-bond donors (Lipinski definition) is 1. The number of benzene rings is 6. The number of hydrogen-bond acceptors (Lipinski definition) is 18. The van der Waals surface area contributed by atoms with Gasteiger partial charge in [-0.2, -0.15) is 61.8 Å². The summed E-state index contributed by atoms with van der Waals surface area (Å²) in [6, 6.07) is 31.2. The van der Waals surface area contributed by atoms with Gasteiger partial charge < -0.3 is 9.84 Å². The fourth-order valence-corrected chi connectivity index (χ4v) is 4.26. The summed E-state index contributed by atoms with van der Waals surface area (Å²) in [5.74, 6) is -13.3. The molecule has 6 rings (SSSR count). The number of phenols is 1. The van der Waals surface area contributed by atoms with Gasteiger partial charge in [0.25, 0.3) is 0 Å². The number of fused-ring (bicyclic) bond motifs is 2. The van der Waals surface area contributed by atoms with Crippen molar-refractivity contribution in [2.75, 3.05) is 0 Å². The molecule has 6 aromatic rings. The van der Waals surface area contributed by atoms with Gasteiger partial charge in [-0.1, -0.05) is 36.4 Å². The maximum atomic E-state index is 14.3. The molecule has 0 aromatic heterocycles. The third kappa shape index (κ3) is 21.5. The quantitative estimate of drug-likeness (QED) is 0.0708. The van der Waals surface area contributed by atoms with Crippen LogP contribution < -0.4 is 63.9 Å². The minimum Gasteiger partial charge on any atom is -0.566 e. The molecule has 67 heavy (non-hydrogen) atoms. The van der Waals surface area contributed by atoms with Crippen LogP contribution in [0.1, 0.15) is 22.3 Å². The zero-order valence-corrected chi connectivity index (χ0v) is 40.0. The van der Waals surface area contributed by atoms with Gasteiger partial charge >= 0.3 is 102 Å². The molecule has 0 aliphatic heterocycles. The van der Waals surface area contributed by atoms with Crippen molar-refractivity contribution in [3.8, 4) is 41.5 Å². The van der Waals surface area contributed by atoms with E-state index in [4.69, 9.17) is 76.3 Å². The van der Waals surface area contributed by atoms with Gasteiger partial charge in [0.2, 0.25) is 11.6 Å². The van der Waals surface area contributed by atoms with Gasteiger partial charge in [-0.25, -0.2) is 26.3 Å². The maximum absolute atomic E-state index is 14.3. The second-order valence-electron chi connectivity index (χ2n) is 10.2. The van der Waals surface area contributed by atoms with Crippen molar-refractivity contribution in [1.82, 2.24) is 0 Å². The Labute approximate surface area is 421 Å². The Kier molecular flexibility index (Phi) is 31.8. The number of aromatic hydroxyl groups is 1. The van der Waals surface area contributed by atoms with Crippen LogP contribution in [0.2, 0.25) is 0 Å². The summed E-state index contributed by atoms with van der Waals surface area (Å²) in [6.45, 7) is 0. The molecule has 0 heterocycles. The van der Waals surface area contributed by atoms with Gasteiger partial charge in [-0.15, -0.1) is 67.3 Å². The number of phenolic OH excluding ortho intramolecular Hbond substituents is 1. The van der Waals surface area contributed by atoms with E-state index in [1.54, 1.807) is 48.5 Å². The molecule has 1 N–H and O–H groups in total. The van der Waals surface area contributed by atoms with E-state index in [-0.39, 0.29) is 70.6 Å². The first-order valence-corrected chi connectivity index (χ1v) is 19.3. The predicted octanol–water partition coefficient (Wildman–Crippen LogP) is -1.08. The standard InChI is InChI=1S/C18H7F3N2O.C10H6O.C8F4N2.2Na.4O3S/c19-15-12(8-22)13(9-23)16(20)18(17(15)21)24-14-7-3-5-10-4-1-2-6-11(10)14;11-10-7-3-5-8-4-1-2-6-9(8)10;9-5-3(1-13)4(2-14)6(10)8(12)7(5)11;;;4*1-4(2)3/h1-7H;2,4-7,11H;;;;;;;/q;-2;;2*+1;;;;. The molecule has 0 saturated heterocycles. The molecule has 0 saturated carbocycles. The van der Waals surface area contributed by atoms with Gasteiger partial charge in [0.05, 0.1) is 0 Å². The normalized spacial score (nSPS) is 8.70. The summed E-state index contributed by atoms with van der Waals surface area (Å²) in [7, 11) is -12.4. The minimum atomic E-state index is -3.11. The van der Waals surface area contributed by atoms with E-state index >= 15 is 0 Å². The SMILES string of the molecule is N#Cc1c(F)c(F)c(F)c(F)c1C#N.N#Cc1c(F)c(F)c(Oc2cccc3ccccc23)c(F)c1C#N.O=S(=O)=O.O=S(=O)=O.O=S(=O)=O.O=S(=O)=O.Oc1c[c-]cc2c[c-]ccc12.[Na+].[Na+]. The van der Waals surface area contributed by atoms with E-state index in [0.29, 0.717) is 5.39 Å². The van der Waals surface area contributed by atoms with E-state index in [1.165, 1.54) is 18.2 Å². The summed E-state index contributed by atoms with van der Waals surface area (Å²) in [5, 5.41) is 46.7. The molecule has 0 fully saturated rings. The van der Waals surface area contributed by atoms with Crippen molar-refractivity contribution in [3.63, 3.8) is 0 Å². The topological polar surface area (TPSA) is 329 Å². The zero-order valence-electron chi connectivity index (χ0n) is 32.8. The van der Waals surface area contributed by atoms with Gasteiger partial charge in [0.15, 0.2) is 34.9 Å². The molecular weight excluding hydrogens is 1020 g/mol. The smallest absolute Gasteiger partial charge is 0.566 e. The van der Waals surface area contributed by atoms with Gasteiger partial charge in [0, 0.05) is 5.39 Å². The molecule has 0 aliphatic rings. The second kappa shape index (κ2) is 33.0. The van der Waals surface area contributed by atoms with E-state index in [0.717, 1.165) is 28.3 Å². The Balaban J connectivity index is -0.000000815. The Morgan fingerprint density at radius 2 is 0.821 bits per heavy atom. The number of rotatable bonds is 2. The number of ether oxygens (including phenoxy) is 1. The fourth-order valence-electron chi connectivity index (χ4n) is 4.26. The van der Waals surface area contributed by atoms with Gasteiger partial charge in [-0.3, -0.25) is 0 Å². The average molecular weight is 1030 g/mol. The molecule has 0 spiro atoms. The van der Waals surface area contributed by atoms with Crippen LogP contribution in [0.25, 0.3) is 21.5 Å². The van der Waals surface area contributed by atoms with Crippen LogP contribution in [0.5, 0.6) is 17.2 Å². The Hall–Kier alpha value is -6.61. The van der Waals surface area contributed by atoms with Crippen molar-refractivity contribution in [2.24, 2.45) is 0 Å². The predicted molar refractivity (Wildman–Crippen MR) is 198 cm³/mol. The molecular formula is C36H13F7N4Na2O14S4. The molecule has 18 nitrogen and oxygen atoms in total. The summed E-state index contributed by atoms with van der Waals surface area (Å²) in [5.41, 5.74) is -4.16. The van der Waals surface area contributed by atoms with E-state index < -0.39 is 111 Å². The van der Waals surface area contributed by atoms with Crippen LogP contribution in [-0.2, 0) is 42.4 Å². The molecule has 0 bridgehead atoms. The summed E-state index contributed by atoms with van der Waals surface area (Å²) < 4.78 is 199. The monoisotopic (exact) mass is 1030 g/mol. The second-order valence-corrected chi connectivity index (χ2v) is 11.9. The third-order valence-corrected chi connectivity index (χ3v) is 6.59. The van der Waals surface area contributed by atoms with E-state index in [1.807, 2.05) is 18.2 Å². The summed E-state index contributed by atoms with van der Waals surface area (Å²) in [4.78, 5) is 0. The van der Waals surface area contributed by atoms with Crippen LogP contribution in [-0.4, -0.2) is 55.6 Å². The van der Waals surface area contributed by atoms with Crippen molar-refractivity contribution < 1.29 is 150 Å². The average Bonchev–Trinajstić information content (AvgIpc) is 3.24. The van der Waals surface area contributed by atoms with Crippen molar-refractivity contribution >= 4 is 64.0 Å². The molecule has 0 atom stereocenters. The number of nitrogens with zero attached hydrogens (tertiary/aromatic N) is 4. The molecule has 0 aliphatic carbocycles. The molecule has 0 amide bonds. The molecule has 31 heteroatoms. The van der Waals surface area contributed by atoms with E-state index in [9.17, 15) is 35.8 Å². The van der Waals surface area contributed by atoms with Crippen molar-refractivity contribution in [1.29, 1.82) is 21.0 Å². The molecule has 0 unspecified atom stereocenters. The van der Waals surface area contributed by atoms with Crippen LogP contribution in [0, 0.1) is 98.2 Å². The Morgan fingerprint density at radius 1 is 0.448 bits per heavy atom. The zero-order chi connectivity index (χ0) is 50.1. The Bertz CT molecular complexity index is 3220. The van der Waals surface area contributed by atoms with Crippen LogP contribution >= 0.6 is 0 Å². The molecule has 6 aromatic carbocycles. The van der Waals surface area contributed by atoms with Crippen molar-refractivity contribution in [3.05, 3.63) is 148 Å². The molecule has 336 valence electrons. The maximum Gasteiger partial charge on any atom is 1.00 e. The Morgan fingerprint density at radius 3 is 1.24 bits per heavy atom. The van der Waals surface area contributed by atoms with E-state index in [2.05, 4.69) is 12.1 Å². The fraction of sp³-hybridized carbons (Fsp3) is 0. The largest absolute Gasteiger partial charge is 1.00 e. The van der Waals surface area contributed by atoms with Crippen LogP contribution in [0.4, 0.5) is 30.7 Å². The first kappa shape index (κ1) is 64.7. The summed E-state index contributed by atoms with van der Waals surface area (Å²) >= 11 is 0. The molecule has 0 radical (unpaired) electrons. The minimum absolute atomic E-state index is 0. The van der Waals surface area contributed by atoms with Crippen LogP contribution in [0.15, 0.2) is 72.8 Å². The number of halogens is 7. The number of nitriles is 4. The third-order valence-electron chi connectivity index (χ3n) is 6.59. The van der Waals surface area contributed by atoms with Crippen molar-refractivity contribution in [2.45, 2.75) is 0 Å². The summed E-state index contributed by atoms with van der Waals surface area (Å²) in [6.07, 6.45) is 0. The first-order valence-electron chi connectivity index (χ1n) is 15.3. The van der Waals surface area contributed by atoms with Gasteiger partial charge in [-0.05, 0) is 17.2 Å².